The summed E-state index contributed by atoms with van der Waals surface area (Å²) in [5.74, 6) is 0.415. The molecule has 1 aliphatic heterocycles. The number of carbonyl (C=O) groups excluding carboxylic acids is 2. The minimum absolute atomic E-state index is 0.0298. The minimum Gasteiger partial charge on any atom is -0.493 e. The molecule has 0 aromatic heterocycles. The van der Waals surface area contributed by atoms with Crippen LogP contribution in [-0.2, 0) is 16.0 Å². The van der Waals surface area contributed by atoms with Crippen LogP contribution in [0.5, 0.6) is 11.5 Å². The van der Waals surface area contributed by atoms with Crippen LogP contribution in [0.1, 0.15) is 68.3 Å². The van der Waals surface area contributed by atoms with Gasteiger partial charge in [0.05, 0.1) is 26.2 Å². The van der Waals surface area contributed by atoms with Crippen LogP contribution in [0.2, 0.25) is 0 Å². The summed E-state index contributed by atoms with van der Waals surface area (Å²) in [6, 6.07) is 10.5. The number of amides is 3. The number of likely N-dealkylation sites (tertiary alicyclic amines) is 1. The fourth-order valence-corrected chi connectivity index (χ4v) is 6.11. The molecule has 2 fully saturated rings. The zero-order valence-corrected chi connectivity index (χ0v) is 26.7. The van der Waals surface area contributed by atoms with Crippen molar-refractivity contribution in [3.8, 4) is 11.5 Å². The number of rotatable bonds is 15. The van der Waals surface area contributed by atoms with Crippen molar-refractivity contribution in [2.75, 3.05) is 40.5 Å². The Morgan fingerprint density at radius 2 is 1.69 bits per heavy atom. The predicted octanol–water partition coefficient (Wildman–Crippen LogP) is 5.24. The second kappa shape index (κ2) is 15.9. The number of halogens is 1. The van der Waals surface area contributed by atoms with Gasteiger partial charge in [0.1, 0.15) is 5.82 Å². The van der Waals surface area contributed by atoms with Crippen LogP contribution in [0, 0.1) is 5.82 Å². The van der Waals surface area contributed by atoms with E-state index in [9.17, 15) is 23.9 Å². The molecule has 0 spiro atoms. The summed E-state index contributed by atoms with van der Waals surface area (Å²) in [6.07, 6.45) is 3.43. The Morgan fingerprint density at radius 3 is 2.31 bits per heavy atom. The summed E-state index contributed by atoms with van der Waals surface area (Å²) >= 11 is 0. The molecule has 45 heavy (non-hydrogen) atoms. The average Bonchev–Trinajstić information content (AvgIpc) is 3.86. The number of carboxylic acid groups (broad SMARTS) is 1. The van der Waals surface area contributed by atoms with Crippen molar-refractivity contribution < 1.29 is 38.1 Å². The molecule has 1 heterocycles. The van der Waals surface area contributed by atoms with E-state index in [4.69, 9.17) is 14.2 Å². The number of hydrogen-bond donors (Lipinski definition) is 1. The molecular formula is C34H46FN3O7. The highest BCUT2D eigenvalue weighted by Gasteiger charge is 2.39. The van der Waals surface area contributed by atoms with Gasteiger partial charge in [-0.2, -0.15) is 0 Å². The molecule has 4 rings (SSSR count). The average molecular weight is 628 g/mol. The lowest BCUT2D eigenvalue weighted by Gasteiger charge is -2.44. The first-order valence-corrected chi connectivity index (χ1v) is 15.8. The third-order valence-corrected chi connectivity index (χ3v) is 8.55. The molecule has 10 nitrogen and oxygen atoms in total. The monoisotopic (exact) mass is 627 g/mol. The second-order valence-electron chi connectivity index (χ2n) is 12.1. The van der Waals surface area contributed by atoms with E-state index in [1.165, 1.54) is 17.0 Å². The molecule has 2 aromatic rings. The Hall–Kier alpha value is -3.86. The van der Waals surface area contributed by atoms with Gasteiger partial charge < -0.3 is 34.0 Å². The van der Waals surface area contributed by atoms with E-state index in [2.05, 4.69) is 0 Å². The molecule has 0 radical (unpaired) electrons. The molecule has 1 saturated carbocycles. The number of ether oxygens (including phenoxy) is 3. The van der Waals surface area contributed by atoms with Gasteiger partial charge in [0, 0.05) is 56.9 Å². The van der Waals surface area contributed by atoms with Crippen molar-refractivity contribution in [1.29, 1.82) is 0 Å². The predicted molar refractivity (Wildman–Crippen MR) is 167 cm³/mol. The number of hydrogen-bond acceptors (Lipinski definition) is 6. The molecule has 2 aromatic carbocycles. The fraction of sp³-hybridized carbons (Fsp3) is 0.559. The molecule has 0 unspecified atom stereocenters. The van der Waals surface area contributed by atoms with Gasteiger partial charge in [-0.05, 0) is 81.8 Å². The molecule has 1 aliphatic carbocycles. The van der Waals surface area contributed by atoms with Gasteiger partial charge in [0.25, 0.3) is 5.91 Å². The van der Waals surface area contributed by atoms with E-state index in [1.54, 1.807) is 49.5 Å². The SMILES string of the molecule is COCCCOc1cc(C(=O)N(C(C)C)[C@@H]2CC[C@H](CCN(C(=O)Cc3ccc(F)cc3)C3CC3)N(C(=O)O)C2)ccc1OC. The lowest BCUT2D eigenvalue weighted by Crippen LogP contribution is -2.57. The topological polar surface area (TPSA) is 109 Å². The number of carbonyl (C=O) groups is 3. The van der Waals surface area contributed by atoms with E-state index in [0.29, 0.717) is 62.5 Å². The Kier molecular flexibility index (Phi) is 12.0. The second-order valence-corrected chi connectivity index (χ2v) is 12.1. The van der Waals surface area contributed by atoms with Gasteiger partial charge in [-0.3, -0.25) is 9.59 Å². The zero-order chi connectivity index (χ0) is 32.5. The number of nitrogens with zero attached hydrogens (tertiary/aromatic N) is 3. The fourth-order valence-electron chi connectivity index (χ4n) is 6.11. The summed E-state index contributed by atoms with van der Waals surface area (Å²) < 4.78 is 29.7. The third-order valence-electron chi connectivity index (χ3n) is 8.55. The van der Waals surface area contributed by atoms with E-state index in [-0.39, 0.29) is 54.8 Å². The van der Waals surface area contributed by atoms with Crippen LogP contribution < -0.4 is 9.47 Å². The van der Waals surface area contributed by atoms with E-state index in [1.807, 2.05) is 18.7 Å². The maximum absolute atomic E-state index is 13.9. The van der Waals surface area contributed by atoms with Crippen molar-refractivity contribution in [1.82, 2.24) is 14.7 Å². The summed E-state index contributed by atoms with van der Waals surface area (Å²) in [5, 5.41) is 10.2. The Morgan fingerprint density at radius 1 is 0.978 bits per heavy atom. The van der Waals surface area contributed by atoms with Crippen LogP contribution in [0.15, 0.2) is 42.5 Å². The largest absolute Gasteiger partial charge is 0.493 e. The van der Waals surface area contributed by atoms with Crippen LogP contribution in [0.3, 0.4) is 0 Å². The number of piperidine rings is 1. The van der Waals surface area contributed by atoms with Crippen molar-refractivity contribution in [3.63, 3.8) is 0 Å². The van der Waals surface area contributed by atoms with Crippen LogP contribution >= 0.6 is 0 Å². The Labute approximate surface area is 265 Å². The zero-order valence-electron chi connectivity index (χ0n) is 26.7. The molecule has 2 atom stereocenters. The number of benzene rings is 2. The van der Waals surface area contributed by atoms with Gasteiger partial charge in [-0.25, -0.2) is 9.18 Å². The van der Waals surface area contributed by atoms with Crippen molar-refractivity contribution in [2.24, 2.45) is 0 Å². The standard InChI is InChI=1S/C34H46FN3O7/c1-23(2)38(33(40)25-8-15-30(44-4)31(21-25)45-19-5-18-43-3)29-14-13-28(37(22-29)34(41)42)16-17-36(27-11-12-27)32(39)20-24-6-9-26(35)10-7-24/h6-10,15,21,23,27-29H,5,11-14,16-20,22H2,1-4H3,(H,41,42)/t28-,29-/m1/s1. The van der Waals surface area contributed by atoms with Crippen molar-refractivity contribution >= 4 is 17.9 Å². The lowest BCUT2D eigenvalue weighted by atomic mass is 9.93. The molecular weight excluding hydrogens is 581 g/mol. The normalized spacial score (nSPS) is 18.0. The first kappa shape index (κ1) is 34.0. The third kappa shape index (κ3) is 9.09. The quantitative estimate of drug-likeness (QED) is 0.269. The van der Waals surface area contributed by atoms with E-state index < -0.39 is 6.09 Å². The number of methoxy groups -OCH3 is 2. The molecule has 3 amide bonds. The maximum Gasteiger partial charge on any atom is 0.407 e. The van der Waals surface area contributed by atoms with Gasteiger partial charge in [0.15, 0.2) is 11.5 Å². The van der Waals surface area contributed by atoms with Gasteiger partial charge in [-0.15, -0.1) is 0 Å². The van der Waals surface area contributed by atoms with Crippen molar-refractivity contribution in [3.05, 3.63) is 59.4 Å². The minimum atomic E-state index is -1.03. The summed E-state index contributed by atoms with van der Waals surface area (Å²) in [5.41, 5.74) is 1.19. The van der Waals surface area contributed by atoms with E-state index in [0.717, 1.165) is 18.4 Å². The summed E-state index contributed by atoms with van der Waals surface area (Å²) in [4.78, 5) is 44.6. The van der Waals surface area contributed by atoms with Crippen LogP contribution in [-0.4, -0.2) is 102 Å². The highest BCUT2D eigenvalue weighted by atomic mass is 19.1. The maximum atomic E-state index is 13.9. The van der Waals surface area contributed by atoms with Gasteiger partial charge in [0.2, 0.25) is 5.91 Å². The van der Waals surface area contributed by atoms with Gasteiger partial charge in [-0.1, -0.05) is 12.1 Å². The van der Waals surface area contributed by atoms with Crippen molar-refractivity contribution in [2.45, 2.75) is 83.0 Å². The first-order chi connectivity index (χ1) is 21.6. The molecule has 246 valence electrons. The van der Waals surface area contributed by atoms with E-state index >= 15 is 0 Å². The molecule has 2 aliphatic rings. The molecule has 11 heteroatoms. The molecule has 1 N–H and O–H groups in total. The smallest absolute Gasteiger partial charge is 0.407 e. The highest BCUT2D eigenvalue weighted by molar-refractivity contribution is 5.95. The Bertz CT molecular complexity index is 1300. The summed E-state index contributed by atoms with van der Waals surface area (Å²) in [7, 11) is 3.17. The first-order valence-electron chi connectivity index (χ1n) is 15.8. The Balaban J connectivity index is 1.42. The summed E-state index contributed by atoms with van der Waals surface area (Å²) in [6.45, 7) is 5.46. The molecule has 1 saturated heterocycles. The van der Waals surface area contributed by atoms with Crippen LogP contribution in [0.25, 0.3) is 0 Å². The molecule has 0 bridgehead atoms. The lowest BCUT2D eigenvalue weighted by molar-refractivity contribution is -0.131. The van der Waals surface area contributed by atoms with Crippen LogP contribution in [0.4, 0.5) is 9.18 Å². The van der Waals surface area contributed by atoms with Gasteiger partial charge >= 0.3 is 6.09 Å². The highest BCUT2D eigenvalue weighted by Crippen LogP contribution is 2.32.